The van der Waals surface area contributed by atoms with Gasteiger partial charge in [0.05, 0.1) is 12.5 Å². The normalized spacial score (nSPS) is 24.9. The number of aliphatic hydroxyl groups excluding tert-OH is 1. The third-order valence-electron chi connectivity index (χ3n) is 3.55. The molecule has 0 heterocycles. The topological polar surface area (TPSA) is 40.5 Å². The number of rotatable bonds is 4. The standard InChI is InChI=1S/C12H20F3NO2/c1-2-16(6-7-17)11(18)9-4-3-5-10(8-9)12(13,14)15/h9-10,17H,2-8H2,1H3. The maximum atomic E-state index is 12.6. The second-order valence-corrected chi connectivity index (χ2v) is 4.74. The first-order valence-electron chi connectivity index (χ1n) is 6.36. The number of hydrogen-bond donors (Lipinski definition) is 1. The average molecular weight is 267 g/mol. The fraction of sp³-hybridized carbons (Fsp3) is 0.917. The van der Waals surface area contributed by atoms with Gasteiger partial charge in [-0.1, -0.05) is 6.42 Å². The van der Waals surface area contributed by atoms with Gasteiger partial charge in [-0.3, -0.25) is 4.79 Å². The summed E-state index contributed by atoms with van der Waals surface area (Å²) >= 11 is 0. The quantitative estimate of drug-likeness (QED) is 0.848. The highest BCUT2D eigenvalue weighted by Gasteiger charge is 2.44. The van der Waals surface area contributed by atoms with Gasteiger partial charge in [-0.05, 0) is 26.2 Å². The number of nitrogens with zero attached hydrogens (tertiary/aromatic N) is 1. The fourth-order valence-corrected chi connectivity index (χ4v) is 2.51. The van der Waals surface area contributed by atoms with Crippen LogP contribution in [-0.4, -0.2) is 41.8 Å². The molecule has 0 saturated heterocycles. The molecule has 1 saturated carbocycles. The zero-order chi connectivity index (χ0) is 13.8. The minimum Gasteiger partial charge on any atom is -0.395 e. The molecule has 2 atom stereocenters. The highest BCUT2D eigenvalue weighted by Crippen LogP contribution is 2.40. The molecule has 2 unspecified atom stereocenters. The van der Waals surface area contributed by atoms with E-state index in [2.05, 4.69) is 0 Å². The van der Waals surface area contributed by atoms with Gasteiger partial charge in [0.1, 0.15) is 0 Å². The van der Waals surface area contributed by atoms with E-state index in [1.54, 1.807) is 6.92 Å². The van der Waals surface area contributed by atoms with Crippen LogP contribution in [0.25, 0.3) is 0 Å². The van der Waals surface area contributed by atoms with E-state index in [4.69, 9.17) is 5.11 Å². The minimum atomic E-state index is -4.20. The molecule has 0 aromatic carbocycles. The Morgan fingerprint density at radius 2 is 2.06 bits per heavy atom. The van der Waals surface area contributed by atoms with Crippen LogP contribution >= 0.6 is 0 Å². The molecule has 106 valence electrons. The molecule has 0 aromatic rings. The number of halogens is 3. The molecule has 1 N–H and O–H groups in total. The third kappa shape index (κ3) is 3.86. The molecule has 1 aliphatic carbocycles. The van der Waals surface area contributed by atoms with Gasteiger partial charge in [-0.15, -0.1) is 0 Å². The minimum absolute atomic E-state index is 0.107. The van der Waals surface area contributed by atoms with E-state index in [0.29, 0.717) is 19.4 Å². The van der Waals surface area contributed by atoms with Crippen molar-refractivity contribution < 1.29 is 23.1 Å². The highest BCUT2D eigenvalue weighted by atomic mass is 19.4. The van der Waals surface area contributed by atoms with E-state index in [0.717, 1.165) is 0 Å². The summed E-state index contributed by atoms with van der Waals surface area (Å²) in [6.07, 6.45) is -3.22. The Hall–Kier alpha value is -0.780. The van der Waals surface area contributed by atoms with Crippen LogP contribution in [0, 0.1) is 11.8 Å². The summed E-state index contributed by atoms with van der Waals surface area (Å²) < 4.78 is 37.9. The molecule has 0 aromatic heterocycles. The predicted octanol–water partition coefficient (Wildman–Crippen LogP) is 2.20. The Labute approximate surface area is 105 Å². The zero-order valence-corrected chi connectivity index (χ0v) is 10.5. The van der Waals surface area contributed by atoms with Gasteiger partial charge in [-0.2, -0.15) is 13.2 Å². The molecule has 6 heteroatoms. The summed E-state index contributed by atoms with van der Waals surface area (Å²) in [5.74, 6) is -2.15. The van der Waals surface area contributed by atoms with Crippen LogP contribution in [0.2, 0.25) is 0 Å². The number of carbonyl (C=O) groups is 1. The number of carbonyl (C=O) groups excluding carboxylic acids is 1. The van der Waals surface area contributed by atoms with Crippen molar-refractivity contribution in [3.63, 3.8) is 0 Å². The van der Waals surface area contributed by atoms with E-state index in [1.807, 2.05) is 0 Å². The summed E-state index contributed by atoms with van der Waals surface area (Å²) in [5.41, 5.74) is 0. The first-order valence-corrected chi connectivity index (χ1v) is 6.36. The molecular formula is C12H20F3NO2. The second kappa shape index (κ2) is 6.41. The van der Waals surface area contributed by atoms with Crippen molar-refractivity contribution in [3.05, 3.63) is 0 Å². The lowest BCUT2D eigenvalue weighted by Crippen LogP contribution is -2.41. The van der Waals surface area contributed by atoms with Crippen LogP contribution in [0.4, 0.5) is 13.2 Å². The predicted molar refractivity (Wildman–Crippen MR) is 60.8 cm³/mol. The molecule has 0 bridgehead atoms. The van der Waals surface area contributed by atoms with Crippen molar-refractivity contribution in [2.45, 2.75) is 38.8 Å². The first kappa shape index (κ1) is 15.3. The molecule has 18 heavy (non-hydrogen) atoms. The number of likely N-dealkylation sites (N-methyl/N-ethyl adjacent to an activating group) is 1. The van der Waals surface area contributed by atoms with Crippen molar-refractivity contribution in [2.75, 3.05) is 19.7 Å². The average Bonchev–Trinajstić information content (AvgIpc) is 2.34. The van der Waals surface area contributed by atoms with Crippen molar-refractivity contribution in [1.29, 1.82) is 0 Å². The van der Waals surface area contributed by atoms with Gasteiger partial charge >= 0.3 is 6.18 Å². The Bertz CT molecular complexity index is 281. The van der Waals surface area contributed by atoms with E-state index in [9.17, 15) is 18.0 Å². The summed E-state index contributed by atoms with van der Waals surface area (Å²) in [5, 5.41) is 8.82. The third-order valence-corrected chi connectivity index (χ3v) is 3.55. The second-order valence-electron chi connectivity index (χ2n) is 4.74. The largest absolute Gasteiger partial charge is 0.395 e. The molecule has 3 nitrogen and oxygen atoms in total. The van der Waals surface area contributed by atoms with Gasteiger partial charge in [0.25, 0.3) is 0 Å². The summed E-state index contributed by atoms with van der Waals surface area (Å²) in [6, 6.07) is 0. The molecule has 1 amide bonds. The lowest BCUT2D eigenvalue weighted by molar-refractivity contribution is -0.187. The summed E-state index contributed by atoms with van der Waals surface area (Å²) in [4.78, 5) is 13.5. The van der Waals surface area contributed by atoms with E-state index in [-0.39, 0.29) is 31.9 Å². The highest BCUT2D eigenvalue weighted by molar-refractivity contribution is 5.78. The van der Waals surface area contributed by atoms with Crippen LogP contribution in [0.3, 0.4) is 0 Å². The number of alkyl halides is 3. The maximum absolute atomic E-state index is 12.6. The van der Waals surface area contributed by atoms with Crippen LogP contribution in [-0.2, 0) is 4.79 Å². The Morgan fingerprint density at radius 1 is 1.39 bits per heavy atom. The van der Waals surface area contributed by atoms with E-state index < -0.39 is 18.0 Å². The molecule has 1 aliphatic rings. The molecule has 0 spiro atoms. The van der Waals surface area contributed by atoms with Crippen molar-refractivity contribution in [3.8, 4) is 0 Å². The number of amides is 1. The zero-order valence-electron chi connectivity index (χ0n) is 10.5. The van der Waals surface area contributed by atoms with E-state index in [1.165, 1.54) is 4.90 Å². The Balaban J connectivity index is 2.63. The maximum Gasteiger partial charge on any atom is 0.391 e. The van der Waals surface area contributed by atoms with E-state index >= 15 is 0 Å². The van der Waals surface area contributed by atoms with Crippen molar-refractivity contribution in [1.82, 2.24) is 4.90 Å². The molecule has 0 radical (unpaired) electrons. The van der Waals surface area contributed by atoms with Gasteiger partial charge in [0.15, 0.2) is 0 Å². The Kier molecular flexibility index (Phi) is 5.44. The summed E-state index contributed by atoms with van der Waals surface area (Å²) in [6.45, 7) is 2.22. The van der Waals surface area contributed by atoms with Crippen molar-refractivity contribution in [2.24, 2.45) is 11.8 Å². The molecule has 1 rings (SSSR count). The summed E-state index contributed by atoms with van der Waals surface area (Å²) in [7, 11) is 0. The molecule has 0 aliphatic heterocycles. The lowest BCUT2D eigenvalue weighted by Gasteiger charge is -2.32. The SMILES string of the molecule is CCN(CCO)C(=O)C1CCCC(C(F)(F)F)C1. The van der Waals surface area contributed by atoms with Crippen LogP contribution in [0.5, 0.6) is 0 Å². The smallest absolute Gasteiger partial charge is 0.391 e. The Morgan fingerprint density at radius 3 is 2.56 bits per heavy atom. The van der Waals surface area contributed by atoms with Gasteiger partial charge in [0, 0.05) is 19.0 Å². The monoisotopic (exact) mass is 267 g/mol. The van der Waals surface area contributed by atoms with Gasteiger partial charge in [-0.25, -0.2) is 0 Å². The van der Waals surface area contributed by atoms with Gasteiger partial charge < -0.3 is 10.0 Å². The molecular weight excluding hydrogens is 247 g/mol. The number of aliphatic hydroxyl groups is 1. The van der Waals surface area contributed by atoms with Crippen LogP contribution < -0.4 is 0 Å². The van der Waals surface area contributed by atoms with Gasteiger partial charge in [0.2, 0.25) is 5.91 Å². The lowest BCUT2D eigenvalue weighted by atomic mass is 9.80. The van der Waals surface area contributed by atoms with Crippen molar-refractivity contribution >= 4 is 5.91 Å². The number of hydrogen-bond acceptors (Lipinski definition) is 2. The molecule has 1 fully saturated rings. The first-order chi connectivity index (χ1) is 8.40. The fourth-order valence-electron chi connectivity index (χ4n) is 2.51. The van der Waals surface area contributed by atoms with Crippen LogP contribution in [0.1, 0.15) is 32.6 Å². The van der Waals surface area contributed by atoms with Crippen LogP contribution in [0.15, 0.2) is 0 Å².